The van der Waals surface area contributed by atoms with Gasteiger partial charge in [-0.15, -0.1) is 0 Å². The smallest absolute Gasteiger partial charge is 0.127 e. The van der Waals surface area contributed by atoms with Crippen LogP contribution in [0.1, 0.15) is 35.4 Å². The zero-order chi connectivity index (χ0) is 23.8. The number of likely N-dealkylation sites (tertiary alicyclic amines) is 1. The molecule has 0 amide bonds. The third-order valence-electron chi connectivity index (χ3n) is 7.50. The minimum atomic E-state index is 0.0746. The summed E-state index contributed by atoms with van der Waals surface area (Å²) in [5, 5.41) is 2.52. The van der Waals surface area contributed by atoms with E-state index >= 15 is 0 Å². The van der Waals surface area contributed by atoms with E-state index in [-0.39, 0.29) is 5.92 Å². The van der Waals surface area contributed by atoms with Crippen LogP contribution >= 0.6 is 0 Å². The van der Waals surface area contributed by atoms with E-state index in [0.717, 1.165) is 30.4 Å². The highest BCUT2D eigenvalue weighted by Gasteiger charge is 2.35. The van der Waals surface area contributed by atoms with Crippen molar-refractivity contribution in [2.24, 2.45) is 0 Å². The van der Waals surface area contributed by atoms with Crippen LogP contribution in [0.2, 0.25) is 0 Å². The van der Waals surface area contributed by atoms with Crippen molar-refractivity contribution in [1.29, 1.82) is 0 Å². The van der Waals surface area contributed by atoms with E-state index in [1.807, 2.05) is 6.07 Å². The van der Waals surface area contributed by atoms with Crippen molar-refractivity contribution < 1.29 is 14.2 Å². The molecular formula is C31H31NO3. The number of methoxy groups -OCH3 is 2. The fourth-order valence-electron chi connectivity index (χ4n) is 5.78. The summed E-state index contributed by atoms with van der Waals surface area (Å²) in [6.07, 6.45) is 2.62. The molecule has 1 unspecified atom stereocenters. The van der Waals surface area contributed by atoms with Gasteiger partial charge in [0.15, 0.2) is 0 Å². The third kappa shape index (κ3) is 3.92. The number of benzene rings is 4. The summed E-state index contributed by atoms with van der Waals surface area (Å²) in [4.78, 5) is 2.48. The standard InChI is InChI=1S/C31H31NO3/c1-33-24-19-27-26-14-11-21-7-3-4-8-25(21)30(26)29(31(27)28(20-24)34-2)22-9-12-23(13-10-22)35-18-17-32-15-5-6-16-32/h3-4,7-14,19-20,29H,5-6,15-18H2,1-2H3. The van der Waals surface area contributed by atoms with Crippen LogP contribution in [0.25, 0.3) is 21.9 Å². The zero-order valence-corrected chi connectivity index (χ0v) is 20.4. The molecule has 4 heteroatoms. The summed E-state index contributed by atoms with van der Waals surface area (Å²) < 4.78 is 17.6. The van der Waals surface area contributed by atoms with E-state index < -0.39 is 0 Å². The third-order valence-corrected chi connectivity index (χ3v) is 7.50. The Morgan fingerprint density at radius 1 is 0.771 bits per heavy atom. The van der Waals surface area contributed by atoms with E-state index in [9.17, 15) is 0 Å². The predicted molar refractivity (Wildman–Crippen MR) is 141 cm³/mol. The molecule has 1 heterocycles. The largest absolute Gasteiger partial charge is 0.497 e. The van der Waals surface area contributed by atoms with Crippen molar-refractivity contribution in [3.8, 4) is 28.4 Å². The van der Waals surface area contributed by atoms with Gasteiger partial charge < -0.3 is 14.2 Å². The van der Waals surface area contributed by atoms with E-state index in [2.05, 4.69) is 71.6 Å². The lowest BCUT2D eigenvalue weighted by Gasteiger charge is -2.20. The van der Waals surface area contributed by atoms with Crippen molar-refractivity contribution in [3.63, 3.8) is 0 Å². The highest BCUT2D eigenvalue weighted by atomic mass is 16.5. The first-order chi connectivity index (χ1) is 17.3. The molecule has 4 aromatic carbocycles. The van der Waals surface area contributed by atoms with Gasteiger partial charge in [0.2, 0.25) is 0 Å². The fraction of sp³-hybridized carbons (Fsp3) is 0.290. The summed E-state index contributed by atoms with van der Waals surface area (Å²) in [6.45, 7) is 4.12. The zero-order valence-electron chi connectivity index (χ0n) is 20.4. The SMILES string of the molecule is COc1cc(OC)c2c(c1)-c1ccc3ccccc3c1C2c1ccc(OCCN2CCCC2)cc1. The number of nitrogens with zero attached hydrogens (tertiary/aromatic N) is 1. The number of hydrogen-bond acceptors (Lipinski definition) is 4. The van der Waals surface area contributed by atoms with Gasteiger partial charge in [0.25, 0.3) is 0 Å². The molecule has 1 fully saturated rings. The Labute approximate surface area is 207 Å². The summed E-state index contributed by atoms with van der Waals surface area (Å²) in [7, 11) is 3.45. The van der Waals surface area contributed by atoms with Gasteiger partial charge in [0.05, 0.1) is 14.2 Å². The molecule has 2 aliphatic rings. The maximum absolute atomic E-state index is 6.09. The van der Waals surface area contributed by atoms with Crippen LogP contribution in [0.3, 0.4) is 0 Å². The predicted octanol–water partition coefficient (Wildman–Crippen LogP) is 6.49. The van der Waals surface area contributed by atoms with Gasteiger partial charge in [-0.1, -0.05) is 48.5 Å². The first kappa shape index (κ1) is 22.0. The van der Waals surface area contributed by atoms with Gasteiger partial charge in [-0.05, 0) is 77.2 Å². The Morgan fingerprint density at radius 2 is 1.57 bits per heavy atom. The van der Waals surface area contributed by atoms with Crippen LogP contribution in [0.5, 0.6) is 17.2 Å². The molecule has 4 nitrogen and oxygen atoms in total. The minimum absolute atomic E-state index is 0.0746. The molecular weight excluding hydrogens is 434 g/mol. The van der Waals surface area contributed by atoms with E-state index in [0.29, 0.717) is 0 Å². The van der Waals surface area contributed by atoms with Crippen LogP contribution in [-0.4, -0.2) is 45.4 Å². The van der Waals surface area contributed by atoms with Crippen molar-refractivity contribution in [2.75, 3.05) is 40.5 Å². The minimum Gasteiger partial charge on any atom is -0.497 e. The monoisotopic (exact) mass is 465 g/mol. The van der Waals surface area contributed by atoms with Gasteiger partial charge in [-0.2, -0.15) is 0 Å². The van der Waals surface area contributed by atoms with Crippen LogP contribution < -0.4 is 14.2 Å². The first-order valence-corrected chi connectivity index (χ1v) is 12.5. The number of ether oxygens (including phenoxy) is 3. The molecule has 0 bridgehead atoms. The molecule has 1 aliphatic heterocycles. The Balaban J connectivity index is 1.40. The van der Waals surface area contributed by atoms with E-state index in [4.69, 9.17) is 14.2 Å². The van der Waals surface area contributed by atoms with Gasteiger partial charge in [-0.3, -0.25) is 4.90 Å². The first-order valence-electron chi connectivity index (χ1n) is 12.5. The molecule has 1 atom stereocenters. The maximum Gasteiger partial charge on any atom is 0.127 e. The average Bonchev–Trinajstić information content (AvgIpc) is 3.55. The molecule has 35 heavy (non-hydrogen) atoms. The molecule has 4 aromatic rings. The molecule has 0 N–H and O–H groups in total. The molecule has 178 valence electrons. The molecule has 1 saturated heterocycles. The average molecular weight is 466 g/mol. The van der Waals surface area contributed by atoms with Crippen LogP contribution in [0.4, 0.5) is 0 Å². The molecule has 0 saturated carbocycles. The topological polar surface area (TPSA) is 30.9 Å². The Hall–Kier alpha value is -3.50. The lowest BCUT2D eigenvalue weighted by atomic mass is 9.86. The van der Waals surface area contributed by atoms with Crippen LogP contribution in [-0.2, 0) is 0 Å². The maximum atomic E-state index is 6.09. The van der Waals surface area contributed by atoms with Crippen molar-refractivity contribution in [3.05, 3.63) is 89.5 Å². The second-order valence-electron chi connectivity index (χ2n) is 9.44. The summed E-state index contributed by atoms with van der Waals surface area (Å²) in [5.41, 5.74) is 6.18. The van der Waals surface area contributed by atoms with E-state index in [1.54, 1.807) is 14.2 Å². The number of rotatable bonds is 7. The van der Waals surface area contributed by atoms with E-state index in [1.165, 1.54) is 64.5 Å². The van der Waals surface area contributed by atoms with Crippen molar-refractivity contribution in [2.45, 2.75) is 18.8 Å². The van der Waals surface area contributed by atoms with Gasteiger partial charge in [0, 0.05) is 24.1 Å². The van der Waals surface area contributed by atoms with Crippen LogP contribution in [0.15, 0.2) is 72.8 Å². The summed E-state index contributed by atoms with van der Waals surface area (Å²) in [6, 6.07) is 25.9. The van der Waals surface area contributed by atoms with Crippen molar-refractivity contribution >= 4 is 10.8 Å². The van der Waals surface area contributed by atoms with Crippen LogP contribution in [0, 0.1) is 0 Å². The van der Waals surface area contributed by atoms with Gasteiger partial charge in [-0.25, -0.2) is 0 Å². The quantitative estimate of drug-likeness (QED) is 0.275. The highest BCUT2D eigenvalue weighted by molar-refractivity contribution is 5.98. The van der Waals surface area contributed by atoms with Gasteiger partial charge >= 0.3 is 0 Å². The Morgan fingerprint density at radius 3 is 2.34 bits per heavy atom. The molecule has 1 aliphatic carbocycles. The Kier molecular flexibility index (Phi) is 5.83. The second-order valence-corrected chi connectivity index (χ2v) is 9.44. The fourth-order valence-corrected chi connectivity index (χ4v) is 5.78. The molecule has 0 spiro atoms. The Bertz CT molecular complexity index is 1360. The van der Waals surface area contributed by atoms with Crippen molar-refractivity contribution in [1.82, 2.24) is 4.90 Å². The molecule has 6 rings (SSSR count). The summed E-state index contributed by atoms with van der Waals surface area (Å²) in [5.74, 6) is 2.66. The normalized spacial score (nSPS) is 16.8. The number of hydrogen-bond donors (Lipinski definition) is 0. The second kappa shape index (κ2) is 9.27. The number of fused-ring (bicyclic) bond motifs is 5. The summed E-state index contributed by atoms with van der Waals surface area (Å²) >= 11 is 0. The molecule has 0 radical (unpaired) electrons. The molecule has 0 aromatic heterocycles. The highest BCUT2D eigenvalue weighted by Crippen LogP contribution is 2.55. The lowest BCUT2D eigenvalue weighted by molar-refractivity contribution is 0.238. The van der Waals surface area contributed by atoms with Gasteiger partial charge in [0.1, 0.15) is 23.9 Å². The lowest BCUT2D eigenvalue weighted by Crippen LogP contribution is -2.25.